The van der Waals surface area contributed by atoms with Crippen LogP contribution in [0.3, 0.4) is 0 Å². The van der Waals surface area contributed by atoms with Crippen molar-refractivity contribution >= 4 is 11.7 Å². The number of ether oxygens (including phenoxy) is 1. The Kier molecular flexibility index (Phi) is 10.0. The Balaban J connectivity index is 0.00000189. The Bertz CT molecular complexity index is 1340. The second-order valence-electron chi connectivity index (χ2n) is 11.4. The number of methoxy groups -OCH3 is 1. The number of hydrogen-bond donors (Lipinski definition) is 0. The van der Waals surface area contributed by atoms with E-state index in [0.29, 0.717) is 24.9 Å². The normalized spacial score (nSPS) is 19.1. The van der Waals surface area contributed by atoms with E-state index in [-0.39, 0.29) is 11.9 Å². The van der Waals surface area contributed by atoms with E-state index in [1.54, 1.807) is 7.11 Å². The molecule has 0 bridgehead atoms. The van der Waals surface area contributed by atoms with Crippen LogP contribution in [0, 0.1) is 11.8 Å². The van der Waals surface area contributed by atoms with Gasteiger partial charge in [-0.2, -0.15) is 0 Å². The molecule has 1 amide bonds. The van der Waals surface area contributed by atoms with Crippen LogP contribution in [0.2, 0.25) is 0 Å². The first kappa shape index (κ1) is 30.1. The predicted octanol–water partition coefficient (Wildman–Crippen LogP) is 6.07. The van der Waals surface area contributed by atoms with E-state index >= 15 is 0 Å². The molecule has 2 aromatic carbocycles. The van der Waals surface area contributed by atoms with Crippen molar-refractivity contribution in [3.8, 4) is 23.4 Å². The molecule has 0 spiro atoms. The van der Waals surface area contributed by atoms with Crippen LogP contribution in [0.1, 0.15) is 62.4 Å². The fourth-order valence-electron chi connectivity index (χ4n) is 6.12. The SMILES string of the molecule is C#N.COc1cccc(-c2cc(C(C)C)nc(N3CCN(C(=O)Cc4ccccc4)C(C)C3)c2C2CCCN2C)c1. The van der Waals surface area contributed by atoms with Crippen LogP contribution in [0.4, 0.5) is 5.82 Å². The first-order valence-electron chi connectivity index (χ1n) is 14.6. The van der Waals surface area contributed by atoms with Crippen LogP contribution in [0.25, 0.3) is 11.1 Å². The molecule has 0 aliphatic carbocycles. The lowest BCUT2D eigenvalue weighted by atomic mass is 9.91. The Morgan fingerprint density at radius 3 is 2.46 bits per heavy atom. The summed E-state index contributed by atoms with van der Waals surface area (Å²) in [6.45, 7) is 13.4. The summed E-state index contributed by atoms with van der Waals surface area (Å²) in [4.78, 5) is 25.6. The van der Waals surface area contributed by atoms with Gasteiger partial charge in [-0.15, -0.1) is 0 Å². The van der Waals surface area contributed by atoms with Crippen LogP contribution in [0.15, 0.2) is 60.7 Å². The number of aromatic nitrogens is 1. The van der Waals surface area contributed by atoms with E-state index in [0.717, 1.165) is 48.9 Å². The minimum atomic E-state index is 0.105. The molecule has 0 radical (unpaired) electrons. The number of anilines is 1. The third kappa shape index (κ3) is 6.71. The number of hydrogen-bond acceptors (Lipinski definition) is 6. The summed E-state index contributed by atoms with van der Waals surface area (Å²) in [6.07, 6.45) is 2.75. The van der Waals surface area contributed by atoms with Crippen LogP contribution < -0.4 is 9.64 Å². The van der Waals surface area contributed by atoms with E-state index in [2.05, 4.69) is 73.4 Å². The van der Waals surface area contributed by atoms with Crippen LogP contribution >= 0.6 is 0 Å². The maximum Gasteiger partial charge on any atom is 0.227 e. The summed E-state index contributed by atoms with van der Waals surface area (Å²) >= 11 is 0. The van der Waals surface area contributed by atoms with Crippen molar-refractivity contribution in [2.24, 2.45) is 0 Å². The highest BCUT2D eigenvalue weighted by atomic mass is 16.5. The highest BCUT2D eigenvalue weighted by molar-refractivity contribution is 5.80. The monoisotopic (exact) mass is 553 g/mol. The quantitative estimate of drug-likeness (QED) is 0.354. The summed E-state index contributed by atoms with van der Waals surface area (Å²) in [5, 5.41) is 6.50. The van der Waals surface area contributed by atoms with E-state index in [9.17, 15) is 4.79 Å². The fraction of sp³-hybridized carbons (Fsp3) is 0.441. The first-order valence-corrected chi connectivity index (χ1v) is 14.6. The molecule has 0 N–H and O–H groups in total. The van der Waals surface area contributed by atoms with Gasteiger partial charge in [0.15, 0.2) is 0 Å². The number of pyridine rings is 1. The molecule has 7 heteroatoms. The lowest BCUT2D eigenvalue weighted by molar-refractivity contribution is -0.132. The van der Waals surface area contributed by atoms with Gasteiger partial charge in [0.2, 0.25) is 5.91 Å². The molecule has 216 valence electrons. The van der Waals surface area contributed by atoms with Gasteiger partial charge in [-0.1, -0.05) is 56.3 Å². The summed E-state index contributed by atoms with van der Waals surface area (Å²) in [5.74, 6) is 2.45. The zero-order chi connectivity index (χ0) is 29.5. The smallest absolute Gasteiger partial charge is 0.227 e. The Hall–Kier alpha value is -3.89. The summed E-state index contributed by atoms with van der Waals surface area (Å²) in [6, 6.07) is 21.2. The van der Waals surface area contributed by atoms with Crippen molar-refractivity contribution in [2.75, 3.05) is 45.2 Å². The van der Waals surface area contributed by atoms with E-state index < -0.39 is 0 Å². The third-order valence-corrected chi connectivity index (χ3v) is 8.33. The molecule has 2 aliphatic heterocycles. The standard InChI is InChI=1S/C33H42N4O2.CHN/c1-23(2)29-21-28(26-13-9-14-27(20-26)39-5)32(30-15-10-16-35(30)4)33(34-29)36-17-18-37(24(3)22-36)31(38)19-25-11-7-6-8-12-25;1-2/h6-9,11-14,20-21,23-24,30H,10,15-19,22H2,1-5H3;1H. The second kappa shape index (κ2) is 13.6. The molecule has 2 aliphatic rings. The number of nitrogens with zero attached hydrogens (tertiary/aromatic N) is 5. The molecule has 2 fully saturated rings. The molecule has 3 aromatic rings. The number of nitriles is 1. The first-order chi connectivity index (χ1) is 19.9. The van der Waals surface area contributed by atoms with Gasteiger partial charge in [0.1, 0.15) is 11.6 Å². The zero-order valence-electron chi connectivity index (χ0n) is 25.1. The van der Waals surface area contributed by atoms with Gasteiger partial charge in [0, 0.05) is 49.5 Å². The molecule has 41 heavy (non-hydrogen) atoms. The van der Waals surface area contributed by atoms with E-state index in [4.69, 9.17) is 15.0 Å². The summed E-state index contributed by atoms with van der Waals surface area (Å²) in [7, 11) is 3.96. The number of carbonyl (C=O) groups is 1. The molecule has 5 rings (SSSR count). The van der Waals surface area contributed by atoms with Crippen molar-refractivity contribution in [1.29, 1.82) is 5.26 Å². The second-order valence-corrected chi connectivity index (χ2v) is 11.4. The number of piperazine rings is 1. The van der Waals surface area contributed by atoms with Crippen molar-refractivity contribution < 1.29 is 9.53 Å². The van der Waals surface area contributed by atoms with Gasteiger partial charge >= 0.3 is 0 Å². The summed E-state index contributed by atoms with van der Waals surface area (Å²) in [5.41, 5.74) is 5.89. The molecule has 3 heterocycles. The minimum Gasteiger partial charge on any atom is -0.497 e. The number of amides is 1. The Labute approximate surface area is 245 Å². The molecular weight excluding hydrogens is 510 g/mol. The van der Waals surface area contributed by atoms with Crippen molar-refractivity contribution in [3.05, 3.63) is 77.5 Å². The highest BCUT2D eigenvalue weighted by Gasteiger charge is 2.34. The molecular formula is C34H43N5O2. The third-order valence-electron chi connectivity index (χ3n) is 8.33. The van der Waals surface area contributed by atoms with E-state index in [1.807, 2.05) is 36.4 Å². The lowest BCUT2D eigenvalue weighted by Crippen LogP contribution is -2.55. The topological polar surface area (TPSA) is 72.7 Å². The molecule has 0 saturated carbocycles. The average Bonchev–Trinajstić information content (AvgIpc) is 3.43. The van der Waals surface area contributed by atoms with E-state index in [1.165, 1.54) is 23.1 Å². The van der Waals surface area contributed by atoms with Crippen LogP contribution in [-0.2, 0) is 11.2 Å². The van der Waals surface area contributed by atoms with Crippen LogP contribution in [-0.4, -0.2) is 67.1 Å². The maximum atomic E-state index is 13.3. The molecule has 1 aromatic heterocycles. The average molecular weight is 554 g/mol. The Morgan fingerprint density at radius 1 is 1.07 bits per heavy atom. The highest BCUT2D eigenvalue weighted by Crippen LogP contribution is 2.43. The molecule has 7 nitrogen and oxygen atoms in total. The Morgan fingerprint density at radius 2 is 1.83 bits per heavy atom. The zero-order valence-corrected chi connectivity index (χ0v) is 25.1. The van der Waals surface area contributed by atoms with Gasteiger partial charge < -0.3 is 14.5 Å². The van der Waals surface area contributed by atoms with Gasteiger partial charge in [-0.3, -0.25) is 9.69 Å². The molecule has 2 atom stereocenters. The van der Waals surface area contributed by atoms with Crippen LogP contribution in [0.5, 0.6) is 5.75 Å². The molecule has 2 saturated heterocycles. The van der Waals surface area contributed by atoms with Gasteiger partial charge in [0.05, 0.1) is 13.5 Å². The van der Waals surface area contributed by atoms with Gasteiger partial charge in [-0.25, -0.2) is 10.2 Å². The van der Waals surface area contributed by atoms with Crippen molar-refractivity contribution in [2.45, 2.75) is 58.0 Å². The van der Waals surface area contributed by atoms with Gasteiger partial charge in [-0.05, 0) is 74.2 Å². The number of rotatable bonds is 7. The number of benzene rings is 2. The largest absolute Gasteiger partial charge is 0.497 e. The minimum absolute atomic E-state index is 0.105. The molecule has 2 unspecified atom stereocenters. The number of likely N-dealkylation sites (tertiary alicyclic amines) is 1. The van der Waals surface area contributed by atoms with Crippen molar-refractivity contribution in [1.82, 2.24) is 14.8 Å². The van der Waals surface area contributed by atoms with Gasteiger partial charge in [0.25, 0.3) is 0 Å². The number of carbonyl (C=O) groups excluding carboxylic acids is 1. The fourth-order valence-corrected chi connectivity index (χ4v) is 6.12. The summed E-state index contributed by atoms with van der Waals surface area (Å²) < 4.78 is 5.60. The lowest BCUT2D eigenvalue weighted by Gasteiger charge is -2.42. The van der Waals surface area contributed by atoms with Crippen molar-refractivity contribution in [3.63, 3.8) is 0 Å². The predicted molar refractivity (Wildman–Crippen MR) is 165 cm³/mol. The maximum absolute atomic E-state index is 13.3.